The minimum absolute atomic E-state index is 0.345. The third-order valence-corrected chi connectivity index (χ3v) is 2.59. The van der Waals surface area contributed by atoms with Gasteiger partial charge in [0, 0.05) is 18.0 Å². The Hall–Kier alpha value is -2.96. The van der Waals surface area contributed by atoms with Gasteiger partial charge in [-0.3, -0.25) is 15.1 Å². The number of anilines is 2. The molecule has 1 aromatic heterocycles. The van der Waals surface area contributed by atoms with Crippen molar-refractivity contribution in [2.45, 2.75) is 6.92 Å². The maximum atomic E-state index is 10.9. The quantitative estimate of drug-likeness (QED) is 0.655. The Kier molecular flexibility index (Phi) is 3.60. The highest BCUT2D eigenvalue weighted by molar-refractivity contribution is 5.93. The molecule has 102 valence electrons. The molecule has 0 aliphatic carbocycles. The number of aromatic carboxylic acids is 1. The van der Waals surface area contributed by atoms with Crippen LogP contribution in [0.4, 0.5) is 17.1 Å². The van der Waals surface area contributed by atoms with E-state index in [0.717, 1.165) is 5.56 Å². The number of nitrogens with one attached hydrogen (secondary N) is 1. The molecule has 0 amide bonds. The summed E-state index contributed by atoms with van der Waals surface area (Å²) in [6.45, 7) is 1.87. The molecule has 0 bridgehead atoms. The van der Waals surface area contributed by atoms with Crippen LogP contribution in [0.15, 0.2) is 36.7 Å². The molecule has 0 saturated carbocycles. The number of nitro benzene ring substituents is 1. The van der Waals surface area contributed by atoms with E-state index < -0.39 is 16.6 Å². The first-order valence-corrected chi connectivity index (χ1v) is 5.68. The van der Waals surface area contributed by atoms with Crippen molar-refractivity contribution < 1.29 is 14.8 Å². The molecule has 0 fully saturated rings. The van der Waals surface area contributed by atoms with E-state index in [1.807, 2.05) is 13.0 Å². The molecule has 7 heteroatoms. The van der Waals surface area contributed by atoms with E-state index in [1.165, 1.54) is 18.2 Å². The molecule has 0 atom stereocenters. The van der Waals surface area contributed by atoms with E-state index in [0.29, 0.717) is 11.4 Å². The van der Waals surface area contributed by atoms with Gasteiger partial charge in [-0.1, -0.05) is 0 Å². The lowest BCUT2D eigenvalue weighted by molar-refractivity contribution is -0.385. The average molecular weight is 273 g/mol. The minimum atomic E-state index is -1.33. The molecular weight excluding hydrogens is 262 g/mol. The fourth-order valence-electron chi connectivity index (χ4n) is 1.73. The first-order valence-electron chi connectivity index (χ1n) is 5.68. The molecule has 7 nitrogen and oxygen atoms in total. The largest absolute Gasteiger partial charge is 0.477 e. The maximum absolute atomic E-state index is 10.9. The number of rotatable bonds is 4. The number of pyridine rings is 1. The molecule has 0 radical (unpaired) electrons. The second kappa shape index (κ2) is 5.35. The number of aryl methyl sites for hydroxylation is 1. The zero-order valence-electron chi connectivity index (χ0n) is 10.5. The van der Waals surface area contributed by atoms with Crippen LogP contribution in [0.25, 0.3) is 0 Å². The van der Waals surface area contributed by atoms with Gasteiger partial charge in [0.15, 0.2) is 0 Å². The molecule has 1 aromatic carbocycles. The Balaban J connectivity index is 2.36. The number of carboxylic acid groups (broad SMARTS) is 1. The predicted octanol–water partition coefficient (Wildman–Crippen LogP) is 2.74. The van der Waals surface area contributed by atoms with E-state index in [-0.39, 0.29) is 5.56 Å². The summed E-state index contributed by atoms with van der Waals surface area (Å²) in [5.41, 5.74) is 1.23. The van der Waals surface area contributed by atoms with Crippen LogP contribution in [0.2, 0.25) is 0 Å². The summed E-state index contributed by atoms with van der Waals surface area (Å²) >= 11 is 0. The van der Waals surface area contributed by atoms with Crippen molar-refractivity contribution in [2.24, 2.45) is 0 Å². The normalized spacial score (nSPS) is 10.1. The fraction of sp³-hybridized carbons (Fsp3) is 0.0769. The number of carbonyl (C=O) groups is 1. The summed E-state index contributed by atoms with van der Waals surface area (Å²) in [5.74, 6) is -1.33. The van der Waals surface area contributed by atoms with Crippen LogP contribution in [0.1, 0.15) is 15.9 Å². The molecule has 0 aliphatic heterocycles. The van der Waals surface area contributed by atoms with Crippen LogP contribution >= 0.6 is 0 Å². The Labute approximate surface area is 114 Å². The van der Waals surface area contributed by atoms with Crippen LogP contribution in [0, 0.1) is 17.0 Å². The topological polar surface area (TPSA) is 105 Å². The number of nitro groups is 1. The summed E-state index contributed by atoms with van der Waals surface area (Å²) < 4.78 is 0. The van der Waals surface area contributed by atoms with E-state index in [9.17, 15) is 14.9 Å². The standard InChI is InChI=1S/C13H11N3O4/c1-8-4-10(7-14-6-8)15-9-2-3-11(13(17)18)12(5-9)16(19)20/h2-7,15H,1H3,(H,17,18). The molecule has 20 heavy (non-hydrogen) atoms. The van der Waals surface area contributed by atoms with Crippen LogP contribution in [0.5, 0.6) is 0 Å². The molecule has 0 spiro atoms. The number of aromatic nitrogens is 1. The van der Waals surface area contributed by atoms with Crippen molar-refractivity contribution in [1.82, 2.24) is 4.98 Å². The Morgan fingerprint density at radius 2 is 2.05 bits per heavy atom. The van der Waals surface area contributed by atoms with Gasteiger partial charge in [-0.15, -0.1) is 0 Å². The van der Waals surface area contributed by atoms with Crippen LogP contribution in [0.3, 0.4) is 0 Å². The van der Waals surface area contributed by atoms with E-state index in [1.54, 1.807) is 12.4 Å². The van der Waals surface area contributed by atoms with Crippen molar-refractivity contribution in [1.29, 1.82) is 0 Å². The Morgan fingerprint density at radius 1 is 1.30 bits per heavy atom. The molecule has 2 rings (SSSR count). The summed E-state index contributed by atoms with van der Waals surface area (Å²) in [4.78, 5) is 25.1. The molecule has 0 saturated heterocycles. The Morgan fingerprint density at radius 3 is 2.65 bits per heavy atom. The van der Waals surface area contributed by atoms with E-state index in [4.69, 9.17) is 5.11 Å². The highest BCUT2D eigenvalue weighted by Crippen LogP contribution is 2.25. The monoisotopic (exact) mass is 273 g/mol. The van der Waals surface area contributed by atoms with Gasteiger partial charge in [0.1, 0.15) is 5.56 Å². The SMILES string of the molecule is Cc1cncc(Nc2ccc(C(=O)O)c([N+](=O)[O-])c2)c1. The summed E-state index contributed by atoms with van der Waals surface area (Å²) in [5, 5.41) is 22.7. The average Bonchev–Trinajstić information content (AvgIpc) is 2.38. The zero-order chi connectivity index (χ0) is 14.7. The van der Waals surface area contributed by atoms with Crippen LogP contribution in [-0.2, 0) is 0 Å². The molecule has 2 aromatic rings. The third kappa shape index (κ3) is 2.89. The Bertz CT molecular complexity index is 685. The number of nitrogens with zero attached hydrogens (tertiary/aromatic N) is 2. The van der Waals surface area contributed by atoms with Gasteiger partial charge in [0.25, 0.3) is 5.69 Å². The number of hydrogen-bond donors (Lipinski definition) is 2. The van der Waals surface area contributed by atoms with Gasteiger partial charge in [0.2, 0.25) is 0 Å². The van der Waals surface area contributed by atoms with Crippen LogP contribution in [-0.4, -0.2) is 21.0 Å². The van der Waals surface area contributed by atoms with E-state index >= 15 is 0 Å². The first kappa shape index (κ1) is 13.5. The number of benzene rings is 1. The lowest BCUT2D eigenvalue weighted by Crippen LogP contribution is -2.03. The van der Waals surface area contributed by atoms with E-state index in [2.05, 4.69) is 10.3 Å². The van der Waals surface area contributed by atoms with Gasteiger partial charge in [-0.2, -0.15) is 0 Å². The zero-order valence-corrected chi connectivity index (χ0v) is 10.5. The molecule has 1 heterocycles. The smallest absolute Gasteiger partial charge is 0.342 e. The van der Waals surface area contributed by atoms with Gasteiger partial charge in [-0.05, 0) is 30.7 Å². The minimum Gasteiger partial charge on any atom is -0.477 e. The second-order valence-corrected chi connectivity index (χ2v) is 4.17. The lowest BCUT2D eigenvalue weighted by atomic mass is 10.1. The molecule has 0 unspecified atom stereocenters. The molecular formula is C13H11N3O4. The lowest BCUT2D eigenvalue weighted by Gasteiger charge is -2.07. The van der Waals surface area contributed by atoms with Crippen molar-refractivity contribution >= 4 is 23.0 Å². The predicted molar refractivity (Wildman–Crippen MR) is 72.3 cm³/mol. The van der Waals surface area contributed by atoms with Crippen molar-refractivity contribution in [3.8, 4) is 0 Å². The van der Waals surface area contributed by atoms with Gasteiger partial charge in [-0.25, -0.2) is 4.79 Å². The fourth-order valence-corrected chi connectivity index (χ4v) is 1.73. The van der Waals surface area contributed by atoms with Gasteiger partial charge in [0.05, 0.1) is 16.8 Å². The highest BCUT2D eigenvalue weighted by Gasteiger charge is 2.20. The number of carboxylic acids is 1. The van der Waals surface area contributed by atoms with Crippen molar-refractivity contribution in [3.63, 3.8) is 0 Å². The van der Waals surface area contributed by atoms with Crippen molar-refractivity contribution in [3.05, 3.63) is 57.9 Å². The summed E-state index contributed by atoms with van der Waals surface area (Å²) in [6.07, 6.45) is 3.26. The summed E-state index contributed by atoms with van der Waals surface area (Å²) in [7, 11) is 0. The van der Waals surface area contributed by atoms with Gasteiger partial charge >= 0.3 is 5.97 Å². The highest BCUT2D eigenvalue weighted by atomic mass is 16.6. The first-order chi connectivity index (χ1) is 9.47. The number of hydrogen-bond acceptors (Lipinski definition) is 5. The third-order valence-electron chi connectivity index (χ3n) is 2.59. The summed E-state index contributed by atoms with van der Waals surface area (Å²) in [6, 6.07) is 5.68. The molecule has 2 N–H and O–H groups in total. The second-order valence-electron chi connectivity index (χ2n) is 4.17. The molecule has 0 aliphatic rings. The van der Waals surface area contributed by atoms with Crippen molar-refractivity contribution in [2.75, 3.05) is 5.32 Å². The van der Waals surface area contributed by atoms with Gasteiger partial charge < -0.3 is 10.4 Å². The maximum Gasteiger partial charge on any atom is 0.342 e. The van der Waals surface area contributed by atoms with Crippen LogP contribution < -0.4 is 5.32 Å².